The van der Waals surface area contributed by atoms with Gasteiger partial charge in [0.1, 0.15) is 17.2 Å². The number of nitrogens with one attached hydrogen (secondary N) is 1. The van der Waals surface area contributed by atoms with Gasteiger partial charge in [-0.1, -0.05) is 18.2 Å². The zero-order valence-electron chi connectivity index (χ0n) is 18.8. The van der Waals surface area contributed by atoms with E-state index in [-0.39, 0.29) is 35.1 Å². The van der Waals surface area contributed by atoms with Crippen molar-refractivity contribution in [1.82, 2.24) is 24.2 Å². The summed E-state index contributed by atoms with van der Waals surface area (Å²) in [6.45, 7) is 3.43. The Morgan fingerprint density at radius 2 is 1.83 bits per heavy atom. The smallest absolute Gasteiger partial charge is 0.274 e. The molecule has 0 bridgehead atoms. The number of imidazole rings is 1. The maximum atomic E-state index is 14.6. The predicted octanol–water partition coefficient (Wildman–Crippen LogP) is 4.00. The molecule has 1 amide bonds. The molecule has 186 valence electrons. The van der Waals surface area contributed by atoms with Crippen LogP contribution in [0.2, 0.25) is 0 Å². The summed E-state index contributed by atoms with van der Waals surface area (Å²) in [5.74, 6) is -0.988. The number of fused-ring (bicyclic) bond motifs is 1. The largest absolute Gasteiger partial charge is 0.349 e. The molecule has 7 nitrogen and oxygen atoms in total. The van der Waals surface area contributed by atoms with Gasteiger partial charge >= 0.3 is 0 Å². The molecule has 1 spiro atoms. The Hall–Kier alpha value is -3.28. The lowest BCUT2D eigenvalue weighted by molar-refractivity contribution is -0.111. The molecular formula is C23H23F5N6O. The molecule has 0 unspecified atom stereocenters. The molecule has 1 atom stereocenters. The number of hydrogen-bond acceptors (Lipinski definition) is 5. The van der Waals surface area contributed by atoms with Crippen LogP contribution in [-0.4, -0.2) is 69.2 Å². The van der Waals surface area contributed by atoms with Crippen molar-refractivity contribution in [3.05, 3.63) is 59.3 Å². The van der Waals surface area contributed by atoms with Crippen molar-refractivity contribution < 1.29 is 26.7 Å². The minimum Gasteiger partial charge on any atom is -0.349 e. The Labute approximate surface area is 197 Å². The summed E-state index contributed by atoms with van der Waals surface area (Å²) in [6.07, 6.45) is -2.31. The van der Waals surface area contributed by atoms with E-state index in [2.05, 4.69) is 15.3 Å². The Morgan fingerprint density at radius 1 is 1.11 bits per heavy atom. The maximum absolute atomic E-state index is 14.6. The van der Waals surface area contributed by atoms with Gasteiger partial charge in [0.15, 0.2) is 0 Å². The van der Waals surface area contributed by atoms with Crippen LogP contribution in [0.4, 0.5) is 27.9 Å². The highest BCUT2D eigenvalue weighted by molar-refractivity contribution is 5.93. The number of alkyl halides is 4. The molecule has 1 aromatic carbocycles. The summed E-state index contributed by atoms with van der Waals surface area (Å²) in [4.78, 5) is 24.9. The van der Waals surface area contributed by atoms with Crippen molar-refractivity contribution in [1.29, 1.82) is 0 Å². The quantitative estimate of drug-likeness (QED) is 0.503. The number of carbonyl (C=O) groups is 1. The first-order chi connectivity index (χ1) is 16.7. The van der Waals surface area contributed by atoms with Crippen LogP contribution in [0.1, 0.15) is 41.0 Å². The molecule has 5 rings (SSSR count). The molecule has 2 aromatic heterocycles. The Balaban J connectivity index is 1.29. The van der Waals surface area contributed by atoms with Gasteiger partial charge in [-0.15, -0.1) is 0 Å². The Kier molecular flexibility index (Phi) is 5.86. The molecule has 2 aliphatic heterocycles. The van der Waals surface area contributed by atoms with Crippen LogP contribution in [0.3, 0.4) is 0 Å². The van der Waals surface area contributed by atoms with E-state index in [0.717, 1.165) is 6.07 Å². The van der Waals surface area contributed by atoms with E-state index in [1.807, 2.05) is 0 Å². The van der Waals surface area contributed by atoms with Gasteiger partial charge in [-0.3, -0.25) is 14.1 Å². The molecule has 35 heavy (non-hydrogen) atoms. The average Bonchev–Trinajstić information content (AvgIpc) is 3.19. The summed E-state index contributed by atoms with van der Waals surface area (Å²) >= 11 is 0. The van der Waals surface area contributed by atoms with E-state index in [4.69, 9.17) is 0 Å². The molecule has 2 fully saturated rings. The first-order valence-corrected chi connectivity index (χ1v) is 11.1. The van der Waals surface area contributed by atoms with Crippen molar-refractivity contribution in [2.75, 3.05) is 38.0 Å². The van der Waals surface area contributed by atoms with Gasteiger partial charge in [-0.05, 0) is 13.0 Å². The molecule has 12 heteroatoms. The number of aromatic nitrogens is 3. The number of likely N-dealkylation sites (tertiary alicyclic amines) is 2. The predicted molar refractivity (Wildman–Crippen MR) is 117 cm³/mol. The zero-order valence-corrected chi connectivity index (χ0v) is 18.8. The second-order valence-electron chi connectivity index (χ2n) is 9.26. The van der Waals surface area contributed by atoms with Crippen molar-refractivity contribution >= 4 is 17.5 Å². The van der Waals surface area contributed by atoms with Crippen LogP contribution >= 0.6 is 0 Å². The SMILES string of the molecule is C[C@@H](Nc1nccc2nc(C(=O)N3CC4(CN(CC(F)F)C4)C3)cn12)c1cccc(C(F)F)c1F. The minimum atomic E-state index is -2.93. The van der Waals surface area contributed by atoms with E-state index in [0.29, 0.717) is 31.8 Å². The van der Waals surface area contributed by atoms with Gasteiger partial charge in [-0.2, -0.15) is 0 Å². The van der Waals surface area contributed by atoms with E-state index in [1.54, 1.807) is 27.2 Å². The van der Waals surface area contributed by atoms with Gasteiger partial charge in [0.25, 0.3) is 18.8 Å². The van der Waals surface area contributed by atoms with Crippen LogP contribution in [0.15, 0.2) is 36.7 Å². The lowest BCUT2D eigenvalue weighted by Gasteiger charge is -2.60. The highest BCUT2D eigenvalue weighted by Gasteiger charge is 2.53. The number of halogens is 5. The van der Waals surface area contributed by atoms with Gasteiger partial charge < -0.3 is 10.2 Å². The second-order valence-corrected chi connectivity index (χ2v) is 9.26. The zero-order chi connectivity index (χ0) is 24.9. The van der Waals surface area contributed by atoms with Crippen LogP contribution in [-0.2, 0) is 0 Å². The van der Waals surface area contributed by atoms with Crippen molar-refractivity contribution in [3.63, 3.8) is 0 Å². The molecular weight excluding hydrogens is 471 g/mol. The van der Waals surface area contributed by atoms with Gasteiger partial charge in [-0.25, -0.2) is 31.9 Å². The van der Waals surface area contributed by atoms with Gasteiger partial charge in [0, 0.05) is 49.6 Å². The third-order valence-electron chi connectivity index (χ3n) is 6.56. The second kappa shape index (κ2) is 8.74. The highest BCUT2D eigenvalue weighted by atomic mass is 19.3. The molecule has 0 saturated carbocycles. The number of hydrogen-bond donors (Lipinski definition) is 1. The third kappa shape index (κ3) is 4.30. The molecule has 3 aromatic rings. The number of benzene rings is 1. The molecule has 1 N–H and O–H groups in total. The Bertz CT molecular complexity index is 1250. The third-order valence-corrected chi connectivity index (χ3v) is 6.56. The van der Waals surface area contributed by atoms with E-state index in [9.17, 15) is 26.7 Å². The van der Waals surface area contributed by atoms with Crippen LogP contribution in [0.25, 0.3) is 5.65 Å². The van der Waals surface area contributed by atoms with E-state index in [1.165, 1.54) is 24.5 Å². The fourth-order valence-corrected chi connectivity index (χ4v) is 4.97. The molecule has 4 heterocycles. The van der Waals surface area contributed by atoms with E-state index < -0.39 is 30.3 Å². The number of amides is 1. The Morgan fingerprint density at radius 3 is 2.51 bits per heavy atom. The number of anilines is 1. The van der Waals surface area contributed by atoms with Crippen LogP contribution in [0.5, 0.6) is 0 Å². The lowest BCUT2D eigenvalue weighted by Crippen LogP contribution is -2.73. The average molecular weight is 494 g/mol. The van der Waals surface area contributed by atoms with Crippen molar-refractivity contribution in [2.45, 2.75) is 25.8 Å². The summed E-state index contributed by atoms with van der Waals surface area (Å²) in [5.41, 5.74) is -0.108. The van der Waals surface area contributed by atoms with Crippen molar-refractivity contribution in [3.8, 4) is 0 Å². The minimum absolute atomic E-state index is 0.0604. The van der Waals surface area contributed by atoms with Gasteiger partial charge in [0.2, 0.25) is 5.95 Å². The monoisotopic (exact) mass is 494 g/mol. The standard InChI is InChI=1S/C23H23F5N6O/c1-13(14-3-2-4-15(19(14)26)20(27)28)30-22-29-6-5-18-31-16(7-34(18)22)21(35)33-11-23(12-33)9-32(10-23)8-17(24)25/h2-7,13,17,20H,8-12H2,1H3,(H,29,30)/t13-/m1/s1. The molecule has 0 radical (unpaired) electrons. The summed E-state index contributed by atoms with van der Waals surface area (Å²) < 4.78 is 67.3. The first-order valence-electron chi connectivity index (χ1n) is 11.1. The molecule has 0 aliphatic carbocycles. The summed E-state index contributed by atoms with van der Waals surface area (Å²) in [5, 5.41) is 3.00. The number of rotatable bonds is 7. The fourth-order valence-electron chi connectivity index (χ4n) is 4.97. The normalized spacial score (nSPS) is 18.2. The van der Waals surface area contributed by atoms with Crippen LogP contribution in [0, 0.1) is 11.2 Å². The maximum Gasteiger partial charge on any atom is 0.274 e. The van der Waals surface area contributed by atoms with Crippen molar-refractivity contribution in [2.24, 2.45) is 5.41 Å². The summed E-state index contributed by atoms with van der Waals surface area (Å²) in [7, 11) is 0. The van der Waals surface area contributed by atoms with Gasteiger partial charge in [0.05, 0.1) is 18.2 Å². The molecule has 2 aliphatic rings. The highest BCUT2D eigenvalue weighted by Crippen LogP contribution is 2.40. The number of carbonyl (C=O) groups excluding carboxylic acids is 1. The topological polar surface area (TPSA) is 65.8 Å². The lowest BCUT2D eigenvalue weighted by atomic mass is 9.72. The summed E-state index contributed by atoms with van der Waals surface area (Å²) in [6, 6.07) is 4.75. The fraction of sp³-hybridized carbons (Fsp3) is 0.435. The number of nitrogens with zero attached hydrogens (tertiary/aromatic N) is 5. The molecule has 2 saturated heterocycles. The van der Waals surface area contributed by atoms with Crippen LogP contribution < -0.4 is 5.32 Å². The van der Waals surface area contributed by atoms with E-state index >= 15 is 0 Å². The first kappa shape index (κ1) is 23.5.